The Balaban J connectivity index is 2.23. The first-order valence-electron chi connectivity index (χ1n) is 4.87. The first-order chi connectivity index (χ1) is 6.65. The van der Waals surface area contributed by atoms with Crippen molar-refractivity contribution in [2.24, 2.45) is 5.73 Å². The Labute approximate surface area is 93.0 Å². The van der Waals surface area contributed by atoms with Crippen molar-refractivity contribution < 1.29 is 0 Å². The largest absolute Gasteiger partial charge is 0.323 e. The lowest BCUT2D eigenvalue weighted by Gasteiger charge is -2.23. The molecule has 1 aliphatic rings. The molecule has 1 unspecified atom stereocenters. The molecule has 14 heavy (non-hydrogen) atoms. The van der Waals surface area contributed by atoms with Gasteiger partial charge in [0.25, 0.3) is 0 Å². The molecule has 2 nitrogen and oxygen atoms in total. The number of rotatable bonds is 3. The highest BCUT2D eigenvalue weighted by Gasteiger charge is 2.45. The van der Waals surface area contributed by atoms with Gasteiger partial charge in [-0.25, -0.2) is 0 Å². The summed E-state index contributed by atoms with van der Waals surface area (Å²) in [5.41, 5.74) is 7.46. The van der Waals surface area contributed by atoms with Crippen LogP contribution in [0.15, 0.2) is 28.7 Å². The van der Waals surface area contributed by atoms with E-state index in [1.807, 2.05) is 7.05 Å². The maximum atomic E-state index is 6.20. The van der Waals surface area contributed by atoms with Gasteiger partial charge in [-0.15, -0.1) is 0 Å². The molecule has 3 N–H and O–H groups in total. The van der Waals surface area contributed by atoms with Crippen LogP contribution in [-0.4, -0.2) is 12.6 Å². The normalized spacial score (nSPS) is 20.5. The van der Waals surface area contributed by atoms with Gasteiger partial charge >= 0.3 is 0 Å². The van der Waals surface area contributed by atoms with Gasteiger partial charge in [-0.2, -0.15) is 0 Å². The molecule has 0 saturated heterocycles. The third kappa shape index (κ3) is 1.85. The first kappa shape index (κ1) is 10.1. The first-order valence-corrected chi connectivity index (χ1v) is 5.67. The minimum Gasteiger partial charge on any atom is -0.323 e. The third-order valence-corrected chi connectivity index (χ3v) is 3.42. The number of likely N-dealkylation sites (N-methyl/N-ethyl adjacent to an activating group) is 1. The number of nitrogens with two attached hydrogens (primary N) is 1. The third-order valence-electron chi connectivity index (χ3n) is 2.89. The van der Waals surface area contributed by atoms with E-state index in [2.05, 4.69) is 45.5 Å². The van der Waals surface area contributed by atoms with Crippen molar-refractivity contribution in [2.45, 2.75) is 24.4 Å². The monoisotopic (exact) mass is 254 g/mol. The van der Waals surface area contributed by atoms with Crippen molar-refractivity contribution in [3.63, 3.8) is 0 Å². The molecule has 3 heteroatoms. The topological polar surface area (TPSA) is 38.0 Å². The molecule has 0 amide bonds. The highest BCUT2D eigenvalue weighted by Crippen LogP contribution is 2.43. The van der Waals surface area contributed by atoms with Crippen molar-refractivity contribution in [1.29, 1.82) is 0 Å². The van der Waals surface area contributed by atoms with Crippen LogP contribution in [0.2, 0.25) is 0 Å². The maximum absolute atomic E-state index is 6.20. The quantitative estimate of drug-likeness (QED) is 0.868. The van der Waals surface area contributed by atoms with E-state index in [1.165, 1.54) is 5.56 Å². The van der Waals surface area contributed by atoms with Gasteiger partial charge in [0, 0.05) is 10.0 Å². The summed E-state index contributed by atoms with van der Waals surface area (Å²) in [5.74, 6) is 0. The average Bonchev–Trinajstić information content (AvgIpc) is 2.89. The Kier molecular flexibility index (Phi) is 2.64. The minimum atomic E-state index is -0.0113. The zero-order valence-corrected chi connectivity index (χ0v) is 9.84. The Morgan fingerprint density at radius 2 is 1.93 bits per heavy atom. The van der Waals surface area contributed by atoms with Crippen molar-refractivity contribution in [1.82, 2.24) is 5.32 Å². The summed E-state index contributed by atoms with van der Waals surface area (Å²) < 4.78 is 1.11. The van der Waals surface area contributed by atoms with Crippen LogP contribution in [-0.2, 0) is 0 Å². The lowest BCUT2D eigenvalue weighted by atomic mass is 9.98. The van der Waals surface area contributed by atoms with Crippen molar-refractivity contribution in [3.8, 4) is 0 Å². The summed E-state index contributed by atoms with van der Waals surface area (Å²) in [4.78, 5) is 0. The fourth-order valence-electron chi connectivity index (χ4n) is 1.87. The molecule has 1 aliphatic carbocycles. The number of hydrogen-bond acceptors (Lipinski definition) is 2. The molecule has 1 atom stereocenters. The molecule has 0 aliphatic heterocycles. The highest BCUT2D eigenvalue weighted by molar-refractivity contribution is 9.10. The molecule has 1 aromatic carbocycles. The van der Waals surface area contributed by atoms with Gasteiger partial charge in [0.2, 0.25) is 0 Å². The summed E-state index contributed by atoms with van der Waals surface area (Å²) >= 11 is 3.43. The van der Waals surface area contributed by atoms with Crippen LogP contribution in [0.3, 0.4) is 0 Å². The number of nitrogens with one attached hydrogen (secondary N) is 1. The van der Waals surface area contributed by atoms with Crippen molar-refractivity contribution in [2.75, 3.05) is 7.05 Å². The SMILES string of the molecule is CNC(c1ccc(Br)cc1)C1(N)CC1. The summed E-state index contributed by atoms with van der Waals surface area (Å²) in [6.07, 6.45) is 2.24. The predicted molar refractivity (Wildman–Crippen MR) is 62.1 cm³/mol. The molecular weight excluding hydrogens is 240 g/mol. The van der Waals surface area contributed by atoms with Crippen LogP contribution in [0.4, 0.5) is 0 Å². The van der Waals surface area contributed by atoms with E-state index in [0.717, 1.165) is 17.3 Å². The highest BCUT2D eigenvalue weighted by atomic mass is 79.9. The van der Waals surface area contributed by atoms with E-state index in [1.54, 1.807) is 0 Å². The van der Waals surface area contributed by atoms with Crippen LogP contribution in [0.5, 0.6) is 0 Å². The van der Waals surface area contributed by atoms with Crippen molar-refractivity contribution in [3.05, 3.63) is 34.3 Å². The van der Waals surface area contributed by atoms with E-state index >= 15 is 0 Å². The second-order valence-electron chi connectivity index (χ2n) is 4.01. The molecule has 1 saturated carbocycles. The Bertz CT molecular complexity index is 317. The molecule has 0 heterocycles. The smallest absolute Gasteiger partial charge is 0.0500 e. The number of hydrogen-bond donors (Lipinski definition) is 2. The Hall–Kier alpha value is -0.380. The van der Waals surface area contributed by atoms with Gasteiger partial charge in [-0.05, 0) is 37.6 Å². The van der Waals surface area contributed by atoms with Crippen LogP contribution in [0.1, 0.15) is 24.4 Å². The molecule has 0 spiro atoms. The Morgan fingerprint density at radius 1 is 1.36 bits per heavy atom. The van der Waals surface area contributed by atoms with Crippen molar-refractivity contribution >= 4 is 15.9 Å². The summed E-state index contributed by atoms with van der Waals surface area (Å²) in [6, 6.07) is 8.66. The van der Waals surface area contributed by atoms with E-state index < -0.39 is 0 Å². The molecule has 2 rings (SSSR count). The summed E-state index contributed by atoms with van der Waals surface area (Å²) in [6.45, 7) is 0. The standard InChI is InChI=1S/C11H15BrN2/c1-14-10(11(13)6-7-11)8-2-4-9(12)5-3-8/h2-5,10,14H,6-7,13H2,1H3. The van der Waals surface area contributed by atoms with E-state index in [0.29, 0.717) is 0 Å². The van der Waals surface area contributed by atoms with E-state index in [4.69, 9.17) is 5.73 Å². The van der Waals surface area contributed by atoms with Gasteiger partial charge in [-0.3, -0.25) is 0 Å². The molecule has 1 fully saturated rings. The van der Waals surface area contributed by atoms with E-state index in [-0.39, 0.29) is 11.6 Å². The molecule has 0 bridgehead atoms. The minimum absolute atomic E-state index is 0.0113. The van der Waals surface area contributed by atoms with Gasteiger partial charge in [0.1, 0.15) is 0 Å². The summed E-state index contributed by atoms with van der Waals surface area (Å²) in [7, 11) is 1.97. The molecular formula is C11H15BrN2. The maximum Gasteiger partial charge on any atom is 0.0500 e. The Morgan fingerprint density at radius 3 is 2.36 bits per heavy atom. The molecule has 1 aromatic rings. The zero-order valence-electron chi connectivity index (χ0n) is 8.26. The van der Waals surface area contributed by atoms with Crippen LogP contribution < -0.4 is 11.1 Å². The van der Waals surface area contributed by atoms with Gasteiger partial charge in [0.15, 0.2) is 0 Å². The second kappa shape index (κ2) is 3.65. The summed E-state index contributed by atoms with van der Waals surface area (Å²) in [5, 5.41) is 3.30. The zero-order chi connectivity index (χ0) is 10.2. The second-order valence-corrected chi connectivity index (χ2v) is 4.92. The number of benzene rings is 1. The number of halogens is 1. The molecule has 0 aromatic heterocycles. The van der Waals surface area contributed by atoms with Crippen LogP contribution in [0.25, 0.3) is 0 Å². The fraction of sp³-hybridized carbons (Fsp3) is 0.455. The van der Waals surface area contributed by atoms with E-state index in [9.17, 15) is 0 Å². The predicted octanol–water partition coefficient (Wildman–Crippen LogP) is 2.20. The van der Waals surface area contributed by atoms with Gasteiger partial charge < -0.3 is 11.1 Å². The fourth-order valence-corrected chi connectivity index (χ4v) is 2.14. The van der Waals surface area contributed by atoms with Gasteiger partial charge in [0.05, 0.1) is 6.04 Å². The molecule has 76 valence electrons. The van der Waals surface area contributed by atoms with Gasteiger partial charge in [-0.1, -0.05) is 28.1 Å². The van der Waals surface area contributed by atoms with Crippen LogP contribution >= 0.6 is 15.9 Å². The lowest BCUT2D eigenvalue weighted by molar-refractivity contribution is 0.461. The average molecular weight is 255 g/mol. The lowest BCUT2D eigenvalue weighted by Crippen LogP contribution is -2.38. The van der Waals surface area contributed by atoms with Crippen LogP contribution in [0, 0.1) is 0 Å². The molecule has 0 radical (unpaired) electrons.